The van der Waals surface area contributed by atoms with E-state index in [0.717, 1.165) is 0 Å². The third kappa shape index (κ3) is 2.59. The van der Waals surface area contributed by atoms with Crippen molar-refractivity contribution in [3.63, 3.8) is 0 Å². The van der Waals surface area contributed by atoms with Gasteiger partial charge in [0.1, 0.15) is 0 Å². The van der Waals surface area contributed by atoms with E-state index in [1.165, 1.54) is 14.2 Å². The SMILES string of the molecule is Cc1cc(Br)c(C(N)C(C)C(C)C)s1. The molecule has 0 saturated heterocycles. The summed E-state index contributed by atoms with van der Waals surface area (Å²) in [5, 5.41) is 0. The molecular formula is C11H18BrNS. The third-order valence-electron chi connectivity index (χ3n) is 2.76. The van der Waals surface area contributed by atoms with Crippen molar-refractivity contribution < 1.29 is 0 Å². The van der Waals surface area contributed by atoms with Crippen LogP contribution in [0.25, 0.3) is 0 Å². The largest absolute Gasteiger partial charge is 0.323 e. The minimum atomic E-state index is 0.156. The van der Waals surface area contributed by atoms with Gasteiger partial charge in [-0.05, 0) is 40.8 Å². The molecule has 1 aromatic rings. The van der Waals surface area contributed by atoms with Gasteiger partial charge in [-0.2, -0.15) is 0 Å². The second-order valence-electron chi connectivity index (χ2n) is 4.20. The van der Waals surface area contributed by atoms with Crippen molar-refractivity contribution in [3.05, 3.63) is 20.3 Å². The van der Waals surface area contributed by atoms with E-state index in [2.05, 4.69) is 49.7 Å². The molecule has 0 aliphatic rings. The van der Waals surface area contributed by atoms with Crippen LogP contribution in [0, 0.1) is 18.8 Å². The molecule has 0 aliphatic carbocycles. The molecule has 1 heterocycles. The fourth-order valence-corrected chi connectivity index (χ4v) is 3.41. The topological polar surface area (TPSA) is 26.0 Å². The average molecular weight is 276 g/mol. The summed E-state index contributed by atoms with van der Waals surface area (Å²) in [6, 6.07) is 2.30. The third-order valence-corrected chi connectivity index (χ3v) is 4.83. The van der Waals surface area contributed by atoms with Crippen molar-refractivity contribution in [2.24, 2.45) is 17.6 Å². The molecule has 0 bridgehead atoms. The molecule has 0 aromatic carbocycles. The molecule has 14 heavy (non-hydrogen) atoms. The van der Waals surface area contributed by atoms with E-state index in [0.29, 0.717) is 11.8 Å². The molecule has 1 rings (SSSR count). The van der Waals surface area contributed by atoms with Gasteiger partial charge in [0.25, 0.3) is 0 Å². The standard InChI is InChI=1S/C11H18BrNS/c1-6(2)8(4)10(13)11-9(12)5-7(3)14-11/h5-6,8,10H,13H2,1-4H3. The first-order chi connectivity index (χ1) is 6.43. The first-order valence-electron chi connectivity index (χ1n) is 4.95. The molecule has 3 heteroatoms. The first-order valence-corrected chi connectivity index (χ1v) is 6.55. The van der Waals surface area contributed by atoms with Gasteiger partial charge >= 0.3 is 0 Å². The van der Waals surface area contributed by atoms with Gasteiger partial charge in [-0.3, -0.25) is 0 Å². The van der Waals surface area contributed by atoms with Gasteiger partial charge < -0.3 is 5.73 Å². The maximum Gasteiger partial charge on any atom is 0.0429 e. The van der Waals surface area contributed by atoms with Gasteiger partial charge in [0.15, 0.2) is 0 Å². The molecule has 0 aliphatic heterocycles. The van der Waals surface area contributed by atoms with Crippen LogP contribution in [0.4, 0.5) is 0 Å². The highest BCUT2D eigenvalue weighted by atomic mass is 79.9. The normalized spacial score (nSPS) is 15.9. The number of nitrogens with two attached hydrogens (primary N) is 1. The summed E-state index contributed by atoms with van der Waals surface area (Å²) in [5.41, 5.74) is 6.23. The molecule has 2 atom stereocenters. The second kappa shape index (κ2) is 4.77. The van der Waals surface area contributed by atoms with E-state index in [4.69, 9.17) is 5.73 Å². The summed E-state index contributed by atoms with van der Waals surface area (Å²) in [6.45, 7) is 8.78. The lowest BCUT2D eigenvalue weighted by atomic mass is 9.90. The van der Waals surface area contributed by atoms with E-state index in [-0.39, 0.29) is 6.04 Å². The Labute approximate surface area is 98.8 Å². The van der Waals surface area contributed by atoms with Gasteiger partial charge in [0.2, 0.25) is 0 Å². The monoisotopic (exact) mass is 275 g/mol. The van der Waals surface area contributed by atoms with E-state index >= 15 is 0 Å². The lowest BCUT2D eigenvalue weighted by molar-refractivity contribution is 0.355. The lowest BCUT2D eigenvalue weighted by Gasteiger charge is -2.22. The maximum absolute atomic E-state index is 6.23. The Balaban J connectivity index is 2.88. The zero-order valence-electron chi connectivity index (χ0n) is 9.17. The Hall–Kier alpha value is 0.140. The van der Waals surface area contributed by atoms with Crippen LogP contribution in [0.15, 0.2) is 10.5 Å². The summed E-state index contributed by atoms with van der Waals surface area (Å²) in [7, 11) is 0. The number of hydrogen-bond acceptors (Lipinski definition) is 2. The van der Waals surface area contributed by atoms with Crippen molar-refractivity contribution in [2.45, 2.75) is 33.7 Å². The van der Waals surface area contributed by atoms with Crippen LogP contribution in [0.5, 0.6) is 0 Å². The van der Waals surface area contributed by atoms with E-state index in [9.17, 15) is 0 Å². The van der Waals surface area contributed by atoms with Crippen LogP contribution < -0.4 is 5.73 Å². The minimum Gasteiger partial charge on any atom is -0.323 e. The highest BCUT2D eigenvalue weighted by Gasteiger charge is 2.21. The summed E-state index contributed by atoms with van der Waals surface area (Å²) >= 11 is 5.36. The molecule has 2 N–H and O–H groups in total. The predicted molar refractivity (Wildman–Crippen MR) is 67.7 cm³/mol. The first kappa shape index (κ1) is 12.2. The Morgan fingerprint density at radius 3 is 2.29 bits per heavy atom. The van der Waals surface area contributed by atoms with Gasteiger partial charge in [0.05, 0.1) is 0 Å². The van der Waals surface area contributed by atoms with Gasteiger partial charge in [-0.25, -0.2) is 0 Å². The quantitative estimate of drug-likeness (QED) is 0.883. The smallest absolute Gasteiger partial charge is 0.0429 e. The average Bonchev–Trinajstić information content (AvgIpc) is 2.42. The molecule has 1 aromatic heterocycles. The number of thiophene rings is 1. The van der Waals surface area contributed by atoms with E-state index in [1.807, 2.05) is 0 Å². The van der Waals surface area contributed by atoms with E-state index < -0.39 is 0 Å². The minimum absolute atomic E-state index is 0.156. The highest BCUT2D eigenvalue weighted by Crippen LogP contribution is 2.36. The zero-order valence-corrected chi connectivity index (χ0v) is 11.6. The fraction of sp³-hybridized carbons (Fsp3) is 0.636. The zero-order chi connectivity index (χ0) is 10.9. The van der Waals surface area contributed by atoms with E-state index in [1.54, 1.807) is 11.3 Å². The summed E-state index contributed by atoms with van der Waals surface area (Å²) < 4.78 is 1.17. The molecule has 80 valence electrons. The van der Waals surface area contributed by atoms with Gasteiger partial charge in [0, 0.05) is 20.3 Å². The number of halogens is 1. The van der Waals surface area contributed by atoms with Crippen LogP contribution >= 0.6 is 27.3 Å². The van der Waals surface area contributed by atoms with Gasteiger partial charge in [-0.15, -0.1) is 11.3 Å². The second-order valence-corrected chi connectivity index (χ2v) is 6.34. The van der Waals surface area contributed by atoms with Crippen LogP contribution in [-0.2, 0) is 0 Å². The molecule has 0 radical (unpaired) electrons. The number of hydrogen-bond donors (Lipinski definition) is 1. The Morgan fingerprint density at radius 1 is 1.36 bits per heavy atom. The van der Waals surface area contributed by atoms with Crippen LogP contribution in [0.1, 0.15) is 36.6 Å². The van der Waals surface area contributed by atoms with Crippen molar-refractivity contribution in [2.75, 3.05) is 0 Å². The van der Waals surface area contributed by atoms with Crippen LogP contribution in [0.2, 0.25) is 0 Å². The highest BCUT2D eigenvalue weighted by molar-refractivity contribution is 9.10. The van der Waals surface area contributed by atoms with Crippen molar-refractivity contribution in [1.29, 1.82) is 0 Å². The summed E-state index contributed by atoms with van der Waals surface area (Å²) in [4.78, 5) is 2.60. The van der Waals surface area contributed by atoms with Crippen molar-refractivity contribution >= 4 is 27.3 Å². The molecule has 2 unspecified atom stereocenters. The van der Waals surface area contributed by atoms with Crippen molar-refractivity contribution in [1.82, 2.24) is 0 Å². The molecule has 0 fully saturated rings. The predicted octanol–water partition coefficient (Wildman–Crippen LogP) is 4.11. The summed E-state index contributed by atoms with van der Waals surface area (Å²) in [6.07, 6.45) is 0. The maximum atomic E-state index is 6.23. The van der Waals surface area contributed by atoms with Crippen LogP contribution in [-0.4, -0.2) is 0 Å². The fourth-order valence-electron chi connectivity index (χ4n) is 1.38. The Bertz CT molecular complexity index is 306. The van der Waals surface area contributed by atoms with Crippen molar-refractivity contribution in [3.8, 4) is 0 Å². The van der Waals surface area contributed by atoms with Crippen LogP contribution in [0.3, 0.4) is 0 Å². The summed E-state index contributed by atoms with van der Waals surface area (Å²) in [5.74, 6) is 1.14. The number of rotatable bonds is 3. The Morgan fingerprint density at radius 2 is 1.93 bits per heavy atom. The molecule has 1 nitrogen and oxygen atoms in total. The molecule has 0 amide bonds. The van der Waals surface area contributed by atoms with Gasteiger partial charge in [-0.1, -0.05) is 20.8 Å². The Kier molecular flexibility index (Phi) is 4.16. The lowest BCUT2D eigenvalue weighted by Crippen LogP contribution is -2.22. The molecular weight excluding hydrogens is 258 g/mol. The molecule has 0 spiro atoms. The number of aryl methyl sites for hydroxylation is 1. The molecule has 0 saturated carbocycles.